The minimum atomic E-state index is -0.305. The molecule has 0 spiro atoms. The summed E-state index contributed by atoms with van der Waals surface area (Å²) < 4.78 is 0. The zero-order valence-corrected chi connectivity index (χ0v) is 18.7. The van der Waals surface area contributed by atoms with Gasteiger partial charge in [0.15, 0.2) is 10.9 Å². The van der Waals surface area contributed by atoms with Gasteiger partial charge in [0.2, 0.25) is 0 Å². The largest absolute Gasteiger partial charge is 0.378 e. The molecule has 0 saturated carbocycles. The highest BCUT2D eigenvalue weighted by Gasteiger charge is 2.32. The van der Waals surface area contributed by atoms with Crippen LogP contribution in [0.2, 0.25) is 0 Å². The number of rotatable bonds is 6. The Morgan fingerprint density at radius 1 is 0.938 bits per heavy atom. The minimum Gasteiger partial charge on any atom is -0.378 e. The molecule has 0 aromatic heterocycles. The molecule has 0 unspecified atom stereocenters. The predicted molar refractivity (Wildman–Crippen MR) is 132 cm³/mol. The van der Waals surface area contributed by atoms with Crippen LogP contribution in [-0.2, 0) is 4.79 Å². The van der Waals surface area contributed by atoms with Gasteiger partial charge in [-0.05, 0) is 47.1 Å². The van der Waals surface area contributed by atoms with Crippen LogP contribution in [0.25, 0.3) is 17.2 Å². The molecule has 1 N–H and O–H groups in total. The lowest BCUT2D eigenvalue weighted by atomic mass is 10.0. The zero-order valence-electron chi connectivity index (χ0n) is 17.9. The summed E-state index contributed by atoms with van der Waals surface area (Å²) in [5, 5.41) is 3.17. The first kappa shape index (κ1) is 21.5. The third-order valence-corrected chi connectivity index (χ3v) is 5.62. The monoisotopic (exact) mass is 441 g/mol. The fraction of sp³-hybridized carbons (Fsp3) is 0.115. The molecule has 6 heteroatoms. The van der Waals surface area contributed by atoms with Crippen molar-refractivity contribution in [3.8, 4) is 11.1 Å². The molecule has 4 rings (SSSR count). The van der Waals surface area contributed by atoms with Crippen LogP contribution in [0.5, 0.6) is 0 Å². The Hall–Kier alpha value is -3.77. The van der Waals surface area contributed by atoms with Gasteiger partial charge in [-0.15, -0.1) is 0 Å². The molecule has 0 aliphatic carbocycles. The third kappa shape index (κ3) is 4.60. The van der Waals surface area contributed by atoms with E-state index in [0.717, 1.165) is 22.4 Å². The summed E-state index contributed by atoms with van der Waals surface area (Å²) in [6.45, 7) is -0.105. The maximum absolute atomic E-state index is 12.8. The van der Waals surface area contributed by atoms with Crippen molar-refractivity contribution in [3.63, 3.8) is 0 Å². The van der Waals surface area contributed by atoms with Crippen LogP contribution in [0, 0.1) is 0 Å². The average Bonchev–Trinajstić information content (AvgIpc) is 3.07. The van der Waals surface area contributed by atoms with Crippen molar-refractivity contribution < 1.29 is 9.59 Å². The van der Waals surface area contributed by atoms with E-state index in [1.165, 1.54) is 4.90 Å². The molecule has 0 atom stereocenters. The lowest BCUT2D eigenvalue weighted by Crippen LogP contribution is -2.35. The summed E-state index contributed by atoms with van der Waals surface area (Å²) in [5.74, 6) is -0.473. The van der Waals surface area contributed by atoms with E-state index in [9.17, 15) is 9.59 Å². The predicted octanol–water partition coefficient (Wildman–Crippen LogP) is 4.36. The van der Waals surface area contributed by atoms with Crippen molar-refractivity contribution in [2.75, 3.05) is 25.5 Å². The lowest BCUT2D eigenvalue weighted by Gasteiger charge is -2.13. The van der Waals surface area contributed by atoms with Crippen molar-refractivity contribution >= 4 is 40.8 Å². The van der Waals surface area contributed by atoms with E-state index in [1.807, 2.05) is 85.7 Å². The summed E-state index contributed by atoms with van der Waals surface area (Å²) in [6, 6.07) is 25.2. The molecule has 3 aromatic carbocycles. The quantitative estimate of drug-likeness (QED) is 0.350. The summed E-state index contributed by atoms with van der Waals surface area (Å²) in [6.07, 6.45) is 1.74. The molecule has 32 heavy (non-hydrogen) atoms. The number of hydrogen-bond acceptors (Lipinski definition) is 4. The van der Waals surface area contributed by atoms with Crippen LogP contribution < -0.4 is 10.2 Å². The first-order valence-electron chi connectivity index (χ1n) is 10.2. The molecular formula is C26H23N3O2S. The van der Waals surface area contributed by atoms with Crippen molar-refractivity contribution in [1.82, 2.24) is 10.2 Å². The molecule has 1 saturated heterocycles. The molecule has 5 nitrogen and oxygen atoms in total. The van der Waals surface area contributed by atoms with Crippen LogP contribution >= 0.6 is 12.2 Å². The zero-order chi connectivity index (χ0) is 22.7. The number of thiocarbonyl (C=S) groups is 1. The third-order valence-electron chi connectivity index (χ3n) is 5.30. The fourth-order valence-corrected chi connectivity index (χ4v) is 3.72. The number of anilines is 1. The van der Waals surface area contributed by atoms with Crippen LogP contribution in [0.3, 0.4) is 0 Å². The smallest absolute Gasteiger partial charge is 0.276 e. The number of amides is 1. The normalized spacial score (nSPS) is 14.6. The van der Waals surface area contributed by atoms with Crippen LogP contribution in [0.15, 0.2) is 84.6 Å². The Labute approximate surface area is 193 Å². The van der Waals surface area contributed by atoms with Crippen molar-refractivity contribution in [1.29, 1.82) is 0 Å². The molecule has 1 fully saturated rings. The number of ketones is 1. The van der Waals surface area contributed by atoms with Crippen LogP contribution in [0.1, 0.15) is 15.9 Å². The maximum atomic E-state index is 12.8. The van der Waals surface area contributed by atoms with E-state index in [-0.39, 0.29) is 23.3 Å². The van der Waals surface area contributed by atoms with E-state index in [2.05, 4.69) is 5.32 Å². The van der Waals surface area contributed by atoms with Crippen molar-refractivity contribution in [2.45, 2.75) is 0 Å². The minimum absolute atomic E-state index is 0.105. The van der Waals surface area contributed by atoms with Gasteiger partial charge in [-0.1, -0.05) is 66.7 Å². The Morgan fingerprint density at radius 3 is 2.19 bits per heavy atom. The van der Waals surface area contributed by atoms with E-state index in [0.29, 0.717) is 11.3 Å². The lowest BCUT2D eigenvalue weighted by molar-refractivity contribution is -0.122. The van der Waals surface area contributed by atoms with Crippen molar-refractivity contribution in [2.24, 2.45) is 0 Å². The number of nitrogens with one attached hydrogen (secondary N) is 1. The van der Waals surface area contributed by atoms with Gasteiger partial charge in [-0.25, -0.2) is 0 Å². The summed E-state index contributed by atoms with van der Waals surface area (Å²) >= 11 is 5.31. The standard InChI is InChI=1S/C26H23N3O2S/c1-28(2)22-14-8-18(9-15-22)16-23-25(31)29(26(32)27-23)17-24(30)21-12-10-20(11-13-21)19-6-4-3-5-7-19/h3-16H,17H2,1-2H3,(H,27,32). The summed E-state index contributed by atoms with van der Waals surface area (Å²) in [5.41, 5.74) is 4.96. The second-order valence-corrected chi connectivity index (χ2v) is 8.12. The van der Waals surface area contributed by atoms with Gasteiger partial charge in [-0.3, -0.25) is 14.5 Å². The molecule has 1 heterocycles. The second-order valence-electron chi connectivity index (χ2n) is 7.73. The second kappa shape index (κ2) is 9.16. The topological polar surface area (TPSA) is 52.6 Å². The number of carbonyl (C=O) groups excluding carboxylic acids is 2. The maximum Gasteiger partial charge on any atom is 0.276 e. The average molecular weight is 442 g/mol. The summed E-state index contributed by atoms with van der Waals surface area (Å²) in [7, 11) is 3.94. The number of nitrogens with zero attached hydrogens (tertiary/aromatic N) is 2. The van der Waals surface area contributed by atoms with Gasteiger partial charge in [0, 0.05) is 25.3 Å². The van der Waals surface area contributed by atoms with Gasteiger partial charge >= 0.3 is 0 Å². The SMILES string of the molecule is CN(C)c1ccc(C=C2NC(=S)N(CC(=O)c3ccc(-c4ccccc4)cc3)C2=O)cc1. The van der Waals surface area contributed by atoms with E-state index in [1.54, 1.807) is 18.2 Å². The molecule has 1 aliphatic rings. The molecule has 1 aliphatic heterocycles. The number of benzene rings is 3. The highest BCUT2D eigenvalue weighted by Crippen LogP contribution is 2.21. The molecule has 1 amide bonds. The molecule has 160 valence electrons. The van der Waals surface area contributed by atoms with Crippen LogP contribution in [-0.4, -0.2) is 42.3 Å². The van der Waals surface area contributed by atoms with Gasteiger partial charge in [0.1, 0.15) is 5.70 Å². The molecule has 0 radical (unpaired) electrons. The van der Waals surface area contributed by atoms with E-state index in [4.69, 9.17) is 12.2 Å². The van der Waals surface area contributed by atoms with E-state index >= 15 is 0 Å². The first-order valence-corrected chi connectivity index (χ1v) is 10.6. The van der Waals surface area contributed by atoms with Gasteiger partial charge < -0.3 is 10.2 Å². The van der Waals surface area contributed by atoms with Gasteiger partial charge in [0.05, 0.1) is 6.54 Å². The number of hydrogen-bond donors (Lipinski definition) is 1. The van der Waals surface area contributed by atoms with Gasteiger partial charge in [0.25, 0.3) is 5.91 Å². The summed E-state index contributed by atoms with van der Waals surface area (Å²) in [4.78, 5) is 29.0. The van der Waals surface area contributed by atoms with Crippen molar-refractivity contribution in [3.05, 3.63) is 95.7 Å². The fourth-order valence-electron chi connectivity index (χ4n) is 3.46. The Kier molecular flexibility index (Phi) is 6.14. The number of carbonyl (C=O) groups is 2. The highest BCUT2D eigenvalue weighted by atomic mass is 32.1. The Bertz CT molecular complexity index is 1180. The molecular weight excluding hydrogens is 418 g/mol. The Morgan fingerprint density at radius 2 is 1.56 bits per heavy atom. The first-order chi connectivity index (χ1) is 15.4. The van der Waals surface area contributed by atoms with Gasteiger partial charge in [-0.2, -0.15) is 0 Å². The number of Topliss-reactive ketones (excluding diaryl/α,β-unsaturated/α-hetero) is 1. The Balaban J connectivity index is 1.45. The molecule has 3 aromatic rings. The van der Waals surface area contributed by atoms with Crippen LogP contribution in [0.4, 0.5) is 5.69 Å². The van der Waals surface area contributed by atoms with E-state index < -0.39 is 0 Å². The molecule has 0 bridgehead atoms. The highest BCUT2D eigenvalue weighted by molar-refractivity contribution is 7.80.